The summed E-state index contributed by atoms with van der Waals surface area (Å²) in [6.45, 7) is 1.02. The molecule has 0 saturated carbocycles. The Labute approximate surface area is 52.0 Å². The lowest BCUT2D eigenvalue weighted by Crippen LogP contribution is -2.04. The predicted molar refractivity (Wildman–Crippen MR) is 29.8 cm³/mol. The highest BCUT2D eigenvalue weighted by molar-refractivity contribution is 5.78. The summed E-state index contributed by atoms with van der Waals surface area (Å²) >= 11 is 0. The van der Waals surface area contributed by atoms with Crippen LogP contribution < -0.4 is 12.3 Å². The molecule has 0 saturated heterocycles. The molecule has 0 heterocycles. The molecule has 0 rings (SSSR count). The average Bonchev–Trinajstić information content (AvgIpc) is 1.27. The van der Waals surface area contributed by atoms with Crippen LogP contribution in [-0.4, -0.2) is 17.2 Å². The molecule has 0 unspecified atom stereocenters. The third kappa shape index (κ3) is 19.8. The van der Waals surface area contributed by atoms with Crippen LogP contribution in [0, 0.1) is 0 Å². The summed E-state index contributed by atoms with van der Waals surface area (Å²) in [7, 11) is 0. The Morgan fingerprint density at radius 2 is 1.67 bits per heavy atom. The van der Waals surface area contributed by atoms with Crippen molar-refractivity contribution in [1.82, 2.24) is 12.3 Å². The Kier molecular flexibility index (Phi) is 11.9. The first kappa shape index (κ1) is 15.7. The number of hydrogen-bond acceptors (Lipinski definition) is 5. The highest BCUT2D eigenvalue weighted by atomic mass is 16.7. The zero-order valence-electron chi connectivity index (χ0n) is 5.09. The van der Waals surface area contributed by atoms with Crippen LogP contribution in [-0.2, 0) is 9.53 Å². The maximum Gasteiger partial charge on any atom is 0.513 e. The van der Waals surface area contributed by atoms with Gasteiger partial charge in [0.05, 0.1) is 0 Å². The molecule has 0 aromatic rings. The van der Waals surface area contributed by atoms with Crippen LogP contribution in [0.3, 0.4) is 0 Å². The van der Waals surface area contributed by atoms with Crippen molar-refractivity contribution >= 4 is 12.1 Å². The highest BCUT2D eigenvalue weighted by Crippen LogP contribution is 1.73. The fraction of sp³-hybridized carbons (Fsp3) is 0.333. The van der Waals surface area contributed by atoms with E-state index in [-0.39, 0.29) is 12.3 Å². The topological polar surface area (TPSA) is 134 Å². The molecule has 9 heavy (non-hydrogen) atoms. The van der Waals surface area contributed by atoms with Gasteiger partial charge in [-0.15, -0.1) is 0 Å². The van der Waals surface area contributed by atoms with E-state index in [0.29, 0.717) is 0 Å². The third-order valence-corrected chi connectivity index (χ3v) is 0.231. The summed E-state index contributed by atoms with van der Waals surface area (Å²) in [6.07, 6.45) is -1.56. The number of carbonyl (C=O) groups is 2. The Balaban J connectivity index is -0.000000180. The van der Waals surface area contributed by atoms with Gasteiger partial charge in [0.1, 0.15) is 0 Å². The Hall–Kier alpha value is -1.14. The number of ether oxygens (including phenoxy) is 1. The Bertz CT molecular complexity index is 90.0. The van der Waals surface area contributed by atoms with Crippen molar-refractivity contribution in [2.75, 3.05) is 0 Å². The van der Waals surface area contributed by atoms with Gasteiger partial charge in [-0.05, 0) is 0 Å². The van der Waals surface area contributed by atoms with Crippen LogP contribution in [0.2, 0.25) is 0 Å². The number of carboxylic acid groups (broad SMARTS) is 1. The number of carbonyl (C=O) groups excluding carboxylic acids is 1. The fourth-order valence-corrected chi connectivity index (χ4v) is 0.123. The van der Waals surface area contributed by atoms with Gasteiger partial charge in [-0.3, -0.25) is 4.79 Å². The molecule has 0 aromatic carbocycles. The van der Waals surface area contributed by atoms with Crippen molar-refractivity contribution in [2.45, 2.75) is 6.92 Å². The molecular formula is C3H10N2O4. The number of esters is 1. The molecule has 6 heteroatoms. The summed E-state index contributed by atoms with van der Waals surface area (Å²) in [5, 5.41) is 7.64. The zero-order valence-corrected chi connectivity index (χ0v) is 5.09. The van der Waals surface area contributed by atoms with Crippen molar-refractivity contribution < 1.29 is 19.4 Å². The first-order valence-electron chi connectivity index (χ1n) is 1.54. The van der Waals surface area contributed by atoms with E-state index in [2.05, 4.69) is 4.74 Å². The van der Waals surface area contributed by atoms with Gasteiger partial charge in [-0.25, -0.2) is 4.79 Å². The van der Waals surface area contributed by atoms with Gasteiger partial charge >= 0.3 is 12.1 Å². The molecule has 0 aliphatic heterocycles. The largest absolute Gasteiger partial charge is 0.513 e. The normalized spacial score (nSPS) is 5.89. The molecule has 56 valence electrons. The minimum absolute atomic E-state index is 0. The highest BCUT2D eigenvalue weighted by Gasteiger charge is 1.97. The average molecular weight is 138 g/mol. The number of rotatable bonds is 0. The minimum Gasteiger partial charge on any atom is -0.449 e. The van der Waals surface area contributed by atoms with Crippen molar-refractivity contribution in [2.24, 2.45) is 0 Å². The molecule has 6 nitrogen and oxygen atoms in total. The molecule has 7 N–H and O–H groups in total. The SMILES string of the molecule is CC(=O)OC(=O)O.N.N. The van der Waals surface area contributed by atoms with E-state index in [1.807, 2.05) is 0 Å². The molecular weight excluding hydrogens is 128 g/mol. The monoisotopic (exact) mass is 138 g/mol. The second-order valence-electron chi connectivity index (χ2n) is 0.860. The van der Waals surface area contributed by atoms with E-state index < -0.39 is 12.1 Å². The second-order valence-corrected chi connectivity index (χ2v) is 0.860. The van der Waals surface area contributed by atoms with Gasteiger partial charge in [0.2, 0.25) is 0 Å². The first-order chi connectivity index (χ1) is 3.13. The lowest BCUT2D eigenvalue weighted by Gasteiger charge is -1.85. The third-order valence-electron chi connectivity index (χ3n) is 0.231. The second kappa shape index (κ2) is 6.86. The summed E-state index contributed by atoms with van der Waals surface area (Å²) < 4.78 is 3.53. The van der Waals surface area contributed by atoms with Crippen LogP contribution in [0.4, 0.5) is 4.79 Å². The zero-order chi connectivity index (χ0) is 5.86. The van der Waals surface area contributed by atoms with Gasteiger partial charge < -0.3 is 22.1 Å². The molecule has 0 aliphatic rings. The standard InChI is InChI=1S/C3H4O4.2H3N/c1-2(4)7-3(5)6;;/h1H3,(H,5,6);2*1H3. The summed E-state index contributed by atoms with van der Waals surface area (Å²) in [5.74, 6) is -0.812. The van der Waals surface area contributed by atoms with E-state index in [1.165, 1.54) is 0 Å². The minimum atomic E-state index is -1.56. The van der Waals surface area contributed by atoms with Gasteiger partial charge in [0.15, 0.2) is 0 Å². The lowest BCUT2D eigenvalue weighted by molar-refractivity contribution is -0.136. The van der Waals surface area contributed by atoms with Crippen molar-refractivity contribution in [1.29, 1.82) is 0 Å². The van der Waals surface area contributed by atoms with Crippen molar-refractivity contribution in [3.05, 3.63) is 0 Å². The molecule has 0 spiro atoms. The van der Waals surface area contributed by atoms with Crippen LogP contribution in [0.15, 0.2) is 0 Å². The molecule has 0 aromatic heterocycles. The van der Waals surface area contributed by atoms with Gasteiger partial charge in [-0.2, -0.15) is 0 Å². The van der Waals surface area contributed by atoms with E-state index in [4.69, 9.17) is 5.11 Å². The van der Waals surface area contributed by atoms with E-state index in [0.717, 1.165) is 6.92 Å². The van der Waals surface area contributed by atoms with Crippen molar-refractivity contribution in [3.8, 4) is 0 Å². The molecule has 0 aliphatic carbocycles. The molecule has 0 radical (unpaired) electrons. The molecule has 0 bridgehead atoms. The maximum atomic E-state index is 9.65. The van der Waals surface area contributed by atoms with Gasteiger partial charge in [0, 0.05) is 6.92 Å². The van der Waals surface area contributed by atoms with Crippen LogP contribution in [0.25, 0.3) is 0 Å². The van der Waals surface area contributed by atoms with E-state index in [1.54, 1.807) is 0 Å². The quantitative estimate of drug-likeness (QED) is 0.330. The summed E-state index contributed by atoms with van der Waals surface area (Å²) in [4.78, 5) is 19.0. The van der Waals surface area contributed by atoms with E-state index >= 15 is 0 Å². The van der Waals surface area contributed by atoms with Crippen LogP contribution in [0.1, 0.15) is 6.92 Å². The molecule has 0 amide bonds. The summed E-state index contributed by atoms with van der Waals surface area (Å²) in [5.41, 5.74) is 0. The Morgan fingerprint density at radius 1 is 1.33 bits per heavy atom. The molecule has 0 fully saturated rings. The Morgan fingerprint density at radius 3 is 1.67 bits per heavy atom. The summed E-state index contributed by atoms with van der Waals surface area (Å²) in [6, 6.07) is 0. The van der Waals surface area contributed by atoms with Crippen LogP contribution >= 0.6 is 0 Å². The van der Waals surface area contributed by atoms with Crippen LogP contribution in [0.5, 0.6) is 0 Å². The van der Waals surface area contributed by atoms with Gasteiger partial charge in [0.25, 0.3) is 0 Å². The van der Waals surface area contributed by atoms with Crippen molar-refractivity contribution in [3.63, 3.8) is 0 Å². The predicted octanol–water partition coefficient (Wildman–Crippen LogP) is 0.551. The fourth-order valence-electron chi connectivity index (χ4n) is 0.123. The lowest BCUT2D eigenvalue weighted by atomic mass is 10.8. The van der Waals surface area contributed by atoms with E-state index in [9.17, 15) is 9.59 Å². The van der Waals surface area contributed by atoms with Gasteiger partial charge in [-0.1, -0.05) is 0 Å². The molecule has 0 atom stereocenters. The number of hydrogen-bond donors (Lipinski definition) is 3. The first-order valence-corrected chi connectivity index (χ1v) is 1.54. The smallest absolute Gasteiger partial charge is 0.449 e. The maximum absolute atomic E-state index is 9.65.